The Morgan fingerprint density at radius 3 is 3.11 bits per heavy atom. The van der Waals surface area contributed by atoms with Gasteiger partial charge in [-0.1, -0.05) is 5.04 Å². The van der Waals surface area contributed by atoms with E-state index in [1.54, 1.807) is 0 Å². The van der Waals surface area contributed by atoms with Crippen LogP contribution in [0.3, 0.4) is 0 Å². The molecular weight excluding hydrogens is 124 g/mol. The second-order valence-electron chi connectivity index (χ2n) is 1.66. The molecule has 0 amide bonds. The van der Waals surface area contributed by atoms with Crippen LogP contribution in [0.25, 0.3) is 0 Å². The second kappa shape index (κ2) is 3.79. The van der Waals surface area contributed by atoms with E-state index in [0.717, 1.165) is 6.42 Å². The lowest BCUT2D eigenvalue weighted by Gasteiger charge is -2.18. The molecule has 1 aliphatic heterocycles. The predicted octanol–water partition coefficient (Wildman–Crippen LogP) is 0.632. The molecule has 0 aliphatic carbocycles. The average molecular weight is 134 g/mol. The van der Waals surface area contributed by atoms with E-state index in [9.17, 15) is 0 Å². The van der Waals surface area contributed by atoms with Gasteiger partial charge in [0, 0.05) is 13.0 Å². The fourth-order valence-electron chi connectivity index (χ4n) is 0.595. The van der Waals surface area contributed by atoms with Gasteiger partial charge in [0.15, 0.2) is 6.29 Å². The van der Waals surface area contributed by atoms with E-state index in [0.29, 0.717) is 13.2 Å². The quantitative estimate of drug-likeness (QED) is 0.519. The van der Waals surface area contributed by atoms with Crippen LogP contribution in [0.4, 0.5) is 0 Å². The van der Waals surface area contributed by atoms with Crippen LogP contribution in [-0.2, 0) is 19.6 Å². The Morgan fingerprint density at radius 1 is 1.67 bits per heavy atom. The molecule has 54 valence electrons. The van der Waals surface area contributed by atoms with Gasteiger partial charge in [-0.3, -0.25) is 0 Å². The van der Waals surface area contributed by atoms with Crippen molar-refractivity contribution in [1.29, 1.82) is 0 Å². The predicted molar refractivity (Wildman–Crippen MR) is 28.2 cm³/mol. The molecular formula is C5H10O4. The zero-order valence-electron chi connectivity index (χ0n) is 5.33. The Hall–Kier alpha value is -0.160. The maximum atomic E-state index is 5.06. The van der Waals surface area contributed by atoms with Crippen molar-refractivity contribution in [3.05, 3.63) is 0 Å². The minimum absolute atomic E-state index is 0.247. The van der Waals surface area contributed by atoms with Crippen molar-refractivity contribution in [2.45, 2.75) is 19.6 Å². The van der Waals surface area contributed by atoms with Gasteiger partial charge >= 0.3 is 0 Å². The first-order chi connectivity index (χ1) is 4.43. The van der Waals surface area contributed by atoms with Crippen LogP contribution in [0.15, 0.2) is 0 Å². The van der Waals surface area contributed by atoms with Crippen molar-refractivity contribution in [2.75, 3.05) is 13.2 Å². The number of rotatable bonds is 2. The van der Waals surface area contributed by atoms with E-state index in [1.165, 1.54) is 0 Å². The third-order valence-electron chi connectivity index (χ3n) is 0.984. The van der Waals surface area contributed by atoms with E-state index in [4.69, 9.17) is 4.74 Å². The van der Waals surface area contributed by atoms with Gasteiger partial charge in [-0.25, -0.2) is 4.89 Å². The van der Waals surface area contributed by atoms with Crippen LogP contribution in [0, 0.1) is 0 Å². The molecule has 4 nitrogen and oxygen atoms in total. The Kier molecular flexibility index (Phi) is 2.93. The van der Waals surface area contributed by atoms with Crippen molar-refractivity contribution in [2.24, 2.45) is 0 Å². The van der Waals surface area contributed by atoms with Gasteiger partial charge in [0.2, 0.25) is 0 Å². The van der Waals surface area contributed by atoms with Crippen LogP contribution in [0.2, 0.25) is 0 Å². The normalized spacial score (nSPS) is 28.3. The van der Waals surface area contributed by atoms with Gasteiger partial charge in [-0.05, 0) is 6.92 Å². The largest absolute Gasteiger partial charge is 0.350 e. The summed E-state index contributed by atoms with van der Waals surface area (Å²) in [4.78, 5) is 9.02. The molecule has 0 aromatic heterocycles. The summed E-state index contributed by atoms with van der Waals surface area (Å²) in [6.07, 6.45) is 0.483. The zero-order valence-corrected chi connectivity index (χ0v) is 5.33. The third-order valence-corrected chi connectivity index (χ3v) is 0.984. The molecule has 0 spiro atoms. The van der Waals surface area contributed by atoms with Gasteiger partial charge < -0.3 is 4.74 Å². The molecule has 0 saturated carbocycles. The van der Waals surface area contributed by atoms with Gasteiger partial charge in [0.1, 0.15) is 0 Å². The fourth-order valence-corrected chi connectivity index (χ4v) is 0.595. The summed E-state index contributed by atoms with van der Waals surface area (Å²) in [5.74, 6) is 0. The van der Waals surface area contributed by atoms with Crippen LogP contribution >= 0.6 is 0 Å². The summed E-state index contributed by atoms with van der Waals surface area (Å²) >= 11 is 0. The van der Waals surface area contributed by atoms with Crippen LogP contribution in [0.1, 0.15) is 13.3 Å². The summed E-state index contributed by atoms with van der Waals surface area (Å²) in [7, 11) is 0. The minimum atomic E-state index is -0.247. The van der Waals surface area contributed by atoms with Gasteiger partial charge in [-0.2, -0.15) is 4.89 Å². The molecule has 1 saturated heterocycles. The molecule has 0 aromatic carbocycles. The van der Waals surface area contributed by atoms with E-state index in [1.807, 2.05) is 6.92 Å². The summed E-state index contributed by atoms with van der Waals surface area (Å²) < 4.78 is 5.06. The van der Waals surface area contributed by atoms with E-state index in [2.05, 4.69) is 14.8 Å². The Morgan fingerprint density at radius 2 is 2.56 bits per heavy atom. The van der Waals surface area contributed by atoms with Crippen LogP contribution < -0.4 is 0 Å². The third kappa shape index (κ3) is 2.28. The number of hydrogen-bond acceptors (Lipinski definition) is 4. The first kappa shape index (κ1) is 6.95. The molecule has 9 heavy (non-hydrogen) atoms. The Bertz CT molecular complexity index is 66.6. The van der Waals surface area contributed by atoms with Gasteiger partial charge in [0.05, 0.1) is 6.61 Å². The maximum Gasteiger partial charge on any atom is 0.196 e. The summed E-state index contributed by atoms with van der Waals surface area (Å²) in [6, 6.07) is 0. The minimum Gasteiger partial charge on any atom is -0.350 e. The monoisotopic (exact) mass is 134 g/mol. The highest BCUT2D eigenvalue weighted by Gasteiger charge is 2.14. The number of ether oxygens (including phenoxy) is 1. The lowest BCUT2D eigenvalue weighted by molar-refractivity contribution is -0.571. The summed E-state index contributed by atoms with van der Waals surface area (Å²) in [5, 5.41) is 4.21. The lowest BCUT2D eigenvalue weighted by Crippen LogP contribution is -2.24. The smallest absolute Gasteiger partial charge is 0.196 e. The zero-order chi connectivity index (χ0) is 6.53. The Labute approximate surface area is 53.5 Å². The fraction of sp³-hybridized carbons (Fsp3) is 1.00. The van der Waals surface area contributed by atoms with Gasteiger partial charge in [0.25, 0.3) is 0 Å². The molecule has 0 N–H and O–H groups in total. The molecule has 1 rings (SSSR count). The molecule has 1 atom stereocenters. The maximum absolute atomic E-state index is 5.06. The number of hydrogen-bond donors (Lipinski definition) is 0. The van der Waals surface area contributed by atoms with Crippen molar-refractivity contribution in [3.63, 3.8) is 0 Å². The highest BCUT2D eigenvalue weighted by molar-refractivity contribution is 4.41. The van der Waals surface area contributed by atoms with E-state index in [-0.39, 0.29) is 6.29 Å². The molecule has 1 unspecified atom stereocenters. The summed E-state index contributed by atoms with van der Waals surface area (Å²) in [6.45, 7) is 3.07. The first-order valence-corrected chi connectivity index (χ1v) is 3.00. The second-order valence-corrected chi connectivity index (χ2v) is 1.66. The highest BCUT2D eigenvalue weighted by Crippen LogP contribution is 2.07. The molecule has 0 bridgehead atoms. The Balaban J connectivity index is 2.08. The summed E-state index contributed by atoms with van der Waals surface area (Å²) in [5.41, 5.74) is 0. The average Bonchev–Trinajstić information content (AvgIpc) is 1.91. The molecule has 4 heteroatoms. The van der Waals surface area contributed by atoms with Gasteiger partial charge in [-0.15, -0.1) is 0 Å². The highest BCUT2D eigenvalue weighted by atomic mass is 17.5. The lowest BCUT2D eigenvalue weighted by atomic mass is 10.4. The molecule has 1 heterocycles. The first-order valence-electron chi connectivity index (χ1n) is 3.00. The SMILES string of the molecule is CCOC1CCOOO1. The topological polar surface area (TPSA) is 36.9 Å². The van der Waals surface area contributed by atoms with Crippen molar-refractivity contribution >= 4 is 0 Å². The van der Waals surface area contributed by atoms with Crippen LogP contribution in [-0.4, -0.2) is 19.5 Å². The van der Waals surface area contributed by atoms with Crippen molar-refractivity contribution in [3.8, 4) is 0 Å². The van der Waals surface area contributed by atoms with E-state index < -0.39 is 0 Å². The molecule has 0 radical (unpaired) electrons. The molecule has 1 fully saturated rings. The van der Waals surface area contributed by atoms with Crippen molar-refractivity contribution < 1.29 is 19.6 Å². The molecule has 1 aliphatic rings. The van der Waals surface area contributed by atoms with Crippen molar-refractivity contribution in [1.82, 2.24) is 0 Å². The van der Waals surface area contributed by atoms with Crippen LogP contribution in [0.5, 0.6) is 0 Å². The standard InChI is InChI=1S/C5H10O4/c1-2-6-5-3-4-7-9-8-5/h5H,2-4H2,1H3. The molecule has 0 aromatic rings. The van der Waals surface area contributed by atoms with E-state index >= 15 is 0 Å².